The maximum atomic E-state index is 5.36. The maximum Gasteiger partial charge on any atom is 0.0603 e. The number of aromatic nitrogens is 1. The van der Waals surface area contributed by atoms with Crippen molar-refractivity contribution in [3.8, 4) is 0 Å². The summed E-state index contributed by atoms with van der Waals surface area (Å²) in [5, 5.41) is 3.28. The van der Waals surface area contributed by atoms with E-state index in [2.05, 4.69) is 23.3 Å². The van der Waals surface area contributed by atoms with Gasteiger partial charge >= 0.3 is 0 Å². The second kappa shape index (κ2) is 6.53. The smallest absolute Gasteiger partial charge is 0.0603 e. The van der Waals surface area contributed by atoms with Crippen LogP contribution in [0.1, 0.15) is 30.6 Å². The summed E-state index contributed by atoms with van der Waals surface area (Å²) in [7, 11) is 1.96. The molecule has 0 aliphatic carbocycles. The van der Waals surface area contributed by atoms with Gasteiger partial charge in [-0.2, -0.15) is 0 Å². The van der Waals surface area contributed by atoms with Gasteiger partial charge in [0.05, 0.1) is 11.7 Å². The van der Waals surface area contributed by atoms with E-state index in [4.69, 9.17) is 4.74 Å². The molecule has 3 nitrogen and oxygen atoms in total. The van der Waals surface area contributed by atoms with Crippen LogP contribution in [-0.4, -0.2) is 25.2 Å². The molecule has 0 amide bonds. The van der Waals surface area contributed by atoms with Gasteiger partial charge < -0.3 is 10.1 Å². The van der Waals surface area contributed by atoms with E-state index in [9.17, 15) is 0 Å². The first kappa shape index (κ1) is 12.1. The van der Waals surface area contributed by atoms with Gasteiger partial charge in [-0.05, 0) is 38.9 Å². The zero-order valence-corrected chi connectivity index (χ0v) is 9.79. The van der Waals surface area contributed by atoms with Gasteiger partial charge in [0.25, 0.3) is 0 Å². The standard InChI is InChI=1S/C12H20N2O/c1-4-15-9-7-11(13-3)12-10(2)6-5-8-14-12/h5-6,8,11,13H,4,7,9H2,1-3H3. The van der Waals surface area contributed by atoms with E-state index in [-0.39, 0.29) is 6.04 Å². The van der Waals surface area contributed by atoms with Crippen molar-refractivity contribution in [2.75, 3.05) is 20.3 Å². The van der Waals surface area contributed by atoms with Crippen molar-refractivity contribution in [3.63, 3.8) is 0 Å². The predicted octanol–water partition coefficient (Wildman–Crippen LogP) is 2.08. The van der Waals surface area contributed by atoms with Crippen LogP contribution in [0.3, 0.4) is 0 Å². The Morgan fingerprint density at radius 2 is 2.33 bits per heavy atom. The number of hydrogen-bond donors (Lipinski definition) is 1. The van der Waals surface area contributed by atoms with Crippen LogP contribution in [0.2, 0.25) is 0 Å². The third kappa shape index (κ3) is 3.61. The zero-order valence-electron chi connectivity index (χ0n) is 9.79. The average molecular weight is 208 g/mol. The highest BCUT2D eigenvalue weighted by Crippen LogP contribution is 2.17. The Balaban J connectivity index is 2.61. The molecular weight excluding hydrogens is 188 g/mol. The lowest BCUT2D eigenvalue weighted by molar-refractivity contribution is 0.136. The van der Waals surface area contributed by atoms with Crippen LogP contribution in [0.5, 0.6) is 0 Å². The van der Waals surface area contributed by atoms with Crippen LogP contribution in [0.25, 0.3) is 0 Å². The van der Waals surface area contributed by atoms with E-state index in [0.717, 1.165) is 25.3 Å². The third-order valence-corrected chi connectivity index (χ3v) is 2.48. The van der Waals surface area contributed by atoms with Gasteiger partial charge in [-0.25, -0.2) is 0 Å². The normalized spacial score (nSPS) is 12.7. The van der Waals surface area contributed by atoms with E-state index < -0.39 is 0 Å². The van der Waals surface area contributed by atoms with E-state index in [1.807, 2.05) is 26.2 Å². The van der Waals surface area contributed by atoms with Crippen molar-refractivity contribution in [2.45, 2.75) is 26.3 Å². The summed E-state index contributed by atoms with van der Waals surface area (Å²) in [6, 6.07) is 4.35. The van der Waals surface area contributed by atoms with Gasteiger partial charge in [0.1, 0.15) is 0 Å². The number of hydrogen-bond acceptors (Lipinski definition) is 3. The van der Waals surface area contributed by atoms with Gasteiger partial charge in [-0.15, -0.1) is 0 Å². The largest absolute Gasteiger partial charge is 0.382 e. The SMILES string of the molecule is CCOCCC(NC)c1ncccc1C. The van der Waals surface area contributed by atoms with Gasteiger partial charge in [-0.1, -0.05) is 6.07 Å². The molecule has 1 aromatic rings. The molecule has 1 unspecified atom stereocenters. The highest BCUT2D eigenvalue weighted by molar-refractivity contribution is 5.20. The fraction of sp³-hybridized carbons (Fsp3) is 0.583. The van der Waals surface area contributed by atoms with Gasteiger partial charge in [0.2, 0.25) is 0 Å². The highest BCUT2D eigenvalue weighted by atomic mass is 16.5. The molecule has 0 saturated heterocycles. The molecule has 1 N–H and O–H groups in total. The Labute approximate surface area is 91.9 Å². The van der Waals surface area contributed by atoms with Crippen LogP contribution in [0.4, 0.5) is 0 Å². The van der Waals surface area contributed by atoms with Crippen molar-refractivity contribution in [1.82, 2.24) is 10.3 Å². The molecule has 1 rings (SSSR count). The minimum absolute atomic E-state index is 0.290. The van der Waals surface area contributed by atoms with Gasteiger partial charge in [-0.3, -0.25) is 4.98 Å². The molecule has 3 heteroatoms. The number of aryl methyl sites for hydroxylation is 1. The second-order valence-corrected chi connectivity index (χ2v) is 3.53. The molecule has 0 fully saturated rings. The topological polar surface area (TPSA) is 34.1 Å². The van der Waals surface area contributed by atoms with Gasteiger partial charge in [0.15, 0.2) is 0 Å². The predicted molar refractivity (Wildman–Crippen MR) is 61.9 cm³/mol. The van der Waals surface area contributed by atoms with Crippen LogP contribution >= 0.6 is 0 Å². The molecule has 0 aliphatic heterocycles. The molecule has 1 aromatic heterocycles. The Hall–Kier alpha value is -0.930. The van der Waals surface area contributed by atoms with Crippen molar-refractivity contribution in [3.05, 3.63) is 29.6 Å². The van der Waals surface area contributed by atoms with Gasteiger partial charge in [0, 0.05) is 19.4 Å². The molecule has 0 aliphatic rings. The first-order chi connectivity index (χ1) is 7.29. The van der Waals surface area contributed by atoms with Crippen LogP contribution in [-0.2, 0) is 4.74 Å². The summed E-state index contributed by atoms with van der Waals surface area (Å²) in [5.41, 5.74) is 2.35. The third-order valence-electron chi connectivity index (χ3n) is 2.48. The van der Waals surface area contributed by atoms with Crippen molar-refractivity contribution in [2.24, 2.45) is 0 Å². The lowest BCUT2D eigenvalue weighted by Gasteiger charge is -2.17. The number of ether oxygens (including phenoxy) is 1. The fourth-order valence-corrected chi connectivity index (χ4v) is 1.63. The molecule has 0 aromatic carbocycles. The number of rotatable bonds is 6. The van der Waals surface area contributed by atoms with Crippen molar-refractivity contribution in [1.29, 1.82) is 0 Å². The molecular formula is C12H20N2O. The van der Waals surface area contributed by atoms with E-state index >= 15 is 0 Å². The summed E-state index contributed by atoms with van der Waals surface area (Å²) in [5.74, 6) is 0. The summed E-state index contributed by atoms with van der Waals surface area (Å²) in [4.78, 5) is 4.41. The summed E-state index contributed by atoms with van der Waals surface area (Å²) in [6.45, 7) is 5.66. The Morgan fingerprint density at radius 1 is 1.53 bits per heavy atom. The Kier molecular flexibility index (Phi) is 5.29. The fourth-order valence-electron chi connectivity index (χ4n) is 1.63. The minimum atomic E-state index is 0.290. The molecule has 15 heavy (non-hydrogen) atoms. The maximum absolute atomic E-state index is 5.36. The molecule has 0 radical (unpaired) electrons. The first-order valence-corrected chi connectivity index (χ1v) is 5.46. The molecule has 0 spiro atoms. The lowest BCUT2D eigenvalue weighted by atomic mass is 10.1. The molecule has 84 valence electrons. The molecule has 0 bridgehead atoms. The lowest BCUT2D eigenvalue weighted by Crippen LogP contribution is -2.20. The zero-order chi connectivity index (χ0) is 11.1. The highest BCUT2D eigenvalue weighted by Gasteiger charge is 2.12. The Bertz CT molecular complexity index is 289. The number of nitrogens with zero attached hydrogens (tertiary/aromatic N) is 1. The molecule has 1 atom stereocenters. The Morgan fingerprint density at radius 3 is 2.93 bits per heavy atom. The molecule has 1 heterocycles. The van der Waals surface area contributed by atoms with Crippen molar-refractivity contribution >= 4 is 0 Å². The summed E-state index contributed by atoms with van der Waals surface area (Å²) < 4.78 is 5.36. The number of pyridine rings is 1. The minimum Gasteiger partial charge on any atom is -0.382 e. The summed E-state index contributed by atoms with van der Waals surface area (Å²) in [6.07, 6.45) is 2.80. The quantitative estimate of drug-likeness (QED) is 0.727. The van der Waals surface area contributed by atoms with Crippen LogP contribution in [0, 0.1) is 6.92 Å². The van der Waals surface area contributed by atoms with Crippen molar-refractivity contribution < 1.29 is 4.74 Å². The summed E-state index contributed by atoms with van der Waals surface area (Å²) >= 11 is 0. The molecule has 0 saturated carbocycles. The van der Waals surface area contributed by atoms with E-state index in [0.29, 0.717) is 0 Å². The number of nitrogens with one attached hydrogen (secondary N) is 1. The van der Waals surface area contributed by atoms with E-state index in [1.54, 1.807) is 0 Å². The first-order valence-electron chi connectivity index (χ1n) is 5.46. The monoisotopic (exact) mass is 208 g/mol. The second-order valence-electron chi connectivity index (χ2n) is 3.53. The van der Waals surface area contributed by atoms with Crippen LogP contribution in [0.15, 0.2) is 18.3 Å². The van der Waals surface area contributed by atoms with E-state index in [1.165, 1.54) is 5.56 Å². The van der Waals surface area contributed by atoms with Crippen LogP contribution < -0.4 is 5.32 Å². The average Bonchev–Trinajstić information content (AvgIpc) is 2.26.